The van der Waals surface area contributed by atoms with E-state index in [1.54, 1.807) is 13.8 Å². The van der Waals surface area contributed by atoms with E-state index in [0.29, 0.717) is 0 Å². The van der Waals surface area contributed by atoms with E-state index in [1.165, 1.54) is 44.1 Å². The van der Waals surface area contributed by atoms with Crippen molar-refractivity contribution in [3.63, 3.8) is 0 Å². The molecule has 1 aliphatic heterocycles. The summed E-state index contributed by atoms with van der Waals surface area (Å²) in [6, 6.07) is 2.78. The molecule has 3 aliphatic rings. The summed E-state index contributed by atoms with van der Waals surface area (Å²) in [5.74, 6) is -4.72. The molecule has 2 bridgehead atoms. The van der Waals surface area contributed by atoms with Gasteiger partial charge in [0, 0.05) is 33.1 Å². The summed E-state index contributed by atoms with van der Waals surface area (Å²) in [5, 5.41) is 12.5. The number of ether oxygens (including phenoxy) is 6. The molecule has 5 rings (SSSR count). The van der Waals surface area contributed by atoms with Gasteiger partial charge in [0.15, 0.2) is 11.7 Å². The van der Waals surface area contributed by atoms with Gasteiger partial charge in [0.1, 0.15) is 42.9 Å². The van der Waals surface area contributed by atoms with Gasteiger partial charge in [-0.05, 0) is 39.3 Å². The highest BCUT2D eigenvalue weighted by molar-refractivity contribution is 5.89. The first kappa shape index (κ1) is 32.2. The Balaban J connectivity index is 1.79. The number of carbonyl (C=O) groups is 5. The standard InChI is InChI=1S/C31H36O14/c1-16(32)40-15-30-23(43-26(35)19-7-9-38-13-19)11-21-24(44-27(36)20-8-10-39-14-20)31(30,45-28(21,4)5)29(6,37)12-22(41-17(2)33)25(30)42-18(3)34/h7-10,13-14,21-25,37H,11-12,15H2,1-6H3. The highest BCUT2D eigenvalue weighted by atomic mass is 16.6. The summed E-state index contributed by atoms with van der Waals surface area (Å²) < 4.78 is 46.4. The number of hydrogen-bond donors (Lipinski definition) is 1. The van der Waals surface area contributed by atoms with Crippen LogP contribution in [0.3, 0.4) is 0 Å². The highest BCUT2D eigenvalue weighted by Gasteiger charge is 2.86. The van der Waals surface area contributed by atoms with Gasteiger partial charge in [0.2, 0.25) is 0 Å². The third kappa shape index (κ3) is 5.19. The predicted octanol–water partition coefficient (Wildman–Crippen LogP) is 2.76. The Labute approximate surface area is 258 Å². The maximum Gasteiger partial charge on any atom is 0.341 e. The Kier molecular flexibility index (Phi) is 8.11. The van der Waals surface area contributed by atoms with Crippen molar-refractivity contribution >= 4 is 29.8 Å². The van der Waals surface area contributed by atoms with Crippen molar-refractivity contribution in [2.75, 3.05) is 6.61 Å². The predicted molar refractivity (Wildman–Crippen MR) is 147 cm³/mol. The molecule has 45 heavy (non-hydrogen) atoms. The zero-order chi connectivity index (χ0) is 32.9. The van der Waals surface area contributed by atoms with Crippen LogP contribution in [0.1, 0.15) is 75.1 Å². The Morgan fingerprint density at radius 2 is 1.40 bits per heavy atom. The van der Waals surface area contributed by atoms with Crippen molar-refractivity contribution in [2.45, 2.75) is 95.6 Å². The lowest BCUT2D eigenvalue weighted by atomic mass is 9.46. The average Bonchev–Trinajstić information content (AvgIpc) is 3.68. The molecule has 8 atom stereocenters. The normalized spacial score (nSPS) is 34.6. The van der Waals surface area contributed by atoms with Crippen LogP contribution in [0.25, 0.3) is 0 Å². The zero-order valence-electron chi connectivity index (χ0n) is 25.7. The van der Waals surface area contributed by atoms with E-state index in [9.17, 15) is 29.1 Å². The van der Waals surface area contributed by atoms with E-state index in [1.807, 2.05) is 0 Å². The molecule has 0 radical (unpaired) electrons. The minimum atomic E-state index is -2.08. The van der Waals surface area contributed by atoms with Crippen LogP contribution in [0.4, 0.5) is 0 Å². The summed E-state index contributed by atoms with van der Waals surface area (Å²) in [7, 11) is 0. The summed E-state index contributed by atoms with van der Waals surface area (Å²) in [6.45, 7) is 7.57. The third-order valence-corrected chi connectivity index (χ3v) is 9.18. The lowest BCUT2D eigenvalue weighted by Gasteiger charge is -2.65. The first-order valence-corrected chi connectivity index (χ1v) is 14.4. The first-order chi connectivity index (χ1) is 21.1. The van der Waals surface area contributed by atoms with Crippen molar-refractivity contribution in [3.8, 4) is 0 Å². The van der Waals surface area contributed by atoms with Gasteiger partial charge in [0.25, 0.3) is 0 Å². The number of fused-ring (bicyclic) bond motifs is 1. The third-order valence-electron chi connectivity index (χ3n) is 9.18. The van der Waals surface area contributed by atoms with Gasteiger partial charge < -0.3 is 42.4 Å². The minimum absolute atomic E-state index is 0.0517. The molecule has 2 saturated carbocycles. The topological polar surface area (TPSA) is 187 Å². The van der Waals surface area contributed by atoms with Crippen LogP contribution in [0.15, 0.2) is 46.0 Å². The van der Waals surface area contributed by atoms with Crippen LogP contribution in [-0.4, -0.2) is 82.8 Å². The van der Waals surface area contributed by atoms with Crippen LogP contribution in [-0.2, 0) is 42.8 Å². The summed E-state index contributed by atoms with van der Waals surface area (Å²) in [5.41, 5.74) is -7.20. The number of rotatable bonds is 8. The van der Waals surface area contributed by atoms with Gasteiger partial charge in [-0.3, -0.25) is 14.4 Å². The highest BCUT2D eigenvalue weighted by Crippen LogP contribution is 2.69. The maximum atomic E-state index is 13.5. The van der Waals surface area contributed by atoms with Gasteiger partial charge in [-0.25, -0.2) is 9.59 Å². The largest absolute Gasteiger partial charge is 0.472 e. The second-order valence-electron chi connectivity index (χ2n) is 12.5. The van der Waals surface area contributed by atoms with Gasteiger partial charge in [0.05, 0.1) is 34.9 Å². The summed E-state index contributed by atoms with van der Waals surface area (Å²) in [4.78, 5) is 64.5. The van der Waals surface area contributed by atoms with Gasteiger partial charge in [-0.15, -0.1) is 0 Å². The quantitative estimate of drug-likeness (QED) is 0.330. The van der Waals surface area contributed by atoms with Crippen LogP contribution in [0, 0.1) is 11.3 Å². The molecule has 1 spiro atoms. The lowest BCUT2D eigenvalue weighted by Crippen LogP contribution is -2.83. The van der Waals surface area contributed by atoms with Crippen molar-refractivity contribution in [3.05, 3.63) is 48.3 Å². The van der Waals surface area contributed by atoms with Gasteiger partial charge >= 0.3 is 29.8 Å². The summed E-state index contributed by atoms with van der Waals surface area (Å²) in [6.07, 6.45) is -1.01. The molecule has 2 aliphatic carbocycles. The molecule has 2 aromatic rings. The molecular formula is C31H36O14. The monoisotopic (exact) mass is 632 g/mol. The number of carbonyl (C=O) groups excluding carboxylic acids is 5. The summed E-state index contributed by atoms with van der Waals surface area (Å²) >= 11 is 0. The minimum Gasteiger partial charge on any atom is -0.472 e. The molecular weight excluding hydrogens is 596 g/mol. The molecule has 0 amide bonds. The van der Waals surface area contributed by atoms with Crippen LogP contribution in [0.2, 0.25) is 0 Å². The average molecular weight is 633 g/mol. The van der Waals surface area contributed by atoms with E-state index >= 15 is 0 Å². The molecule has 244 valence electrons. The number of hydrogen-bond acceptors (Lipinski definition) is 14. The molecule has 14 nitrogen and oxygen atoms in total. The van der Waals surface area contributed by atoms with E-state index in [2.05, 4.69) is 0 Å². The molecule has 1 saturated heterocycles. The Hall–Kier alpha value is -4.17. The van der Waals surface area contributed by atoms with Crippen molar-refractivity contribution < 1.29 is 66.3 Å². The van der Waals surface area contributed by atoms with E-state index < -0.39 is 89.0 Å². The van der Waals surface area contributed by atoms with E-state index in [4.69, 9.17) is 37.3 Å². The van der Waals surface area contributed by atoms with Gasteiger partial charge in [-0.1, -0.05) is 0 Å². The molecule has 14 heteroatoms. The van der Waals surface area contributed by atoms with Crippen molar-refractivity contribution in [1.29, 1.82) is 0 Å². The zero-order valence-corrected chi connectivity index (χ0v) is 25.7. The van der Waals surface area contributed by atoms with Crippen LogP contribution < -0.4 is 0 Å². The molecule has 3 heterocycles. The first-order valence-electron chi connectivity index (χ1n) is 14.4. The van der Waals surface area contributed by atoms with E-state index in [-0.39, 0.29) is 24.0 Å². The van der Waals surface area contributed by atoms with Crippen molar-refractivity contribution in [1.82, 2.24) is 0 Å². The molecule has 0 aromatic carbocycles. The Bertz CT molecular complexity index is 1460. The number of furan rings is 2. The maximum absolute atomic E-state index is 13.5. The Morgan fingerprint density at radius 3 is 1.91 bits per heavy atom. The Morgan fingerprint density at radius 1 is 0.822 bits per heavy atom. The fraction of sp³-hybridized carbons (Fsp3) is 0.581. The van der Waals surface area contributed by atoms with Crippen LogP contribution >= 0.6 is 0 Å². The van der Waals surface area contributed by atoms with Gasteiger partial charge in [-0.2, -0.15) is 0 Å². The second-order valence-corrected chi connectivity index (χ2v) is 12.5. The lowest BCUT2D eigenvalue weighted by molar-refractivity contribution is -0.354. The van der Waals surface area contributed by atoms with Crippen LogP contribution in [0.5, 0.6) is 0 Å². The van der Waals surface area contributed by atoms with E-state index in [0.717, 1.165) is 20.8 Å². The number of esters is 5. The molecule has 2 aromatic heterocycles. The molecule has 1 N–H and O–H groups in total. The second kappa shape index (κ2) is 11.3. The molecule has 3 fully saturated rings. The smallest absolute Gasteiger partial charge is 0.341 e. The fourth-order valence-electron chi connectivity index (χ4n) is 7.58. The molecule has 8 unspecified atom stereocenters. The number of aliphatic hydroxyl groups is 1. The SMILES string of the molecule is CC(=O)OCC12C(OC(=O)c3ccoc3)CC3C(OC(=O)c4ccoc4)C1(OC3(C)C)C(C)(O)CC(OC(C)=O)C2OC(C)=O. The van der Waals surface area contributed by atoms with Crippen molar-refractivity contribution in [2.24, 2.45) is 11.3 Å². The fourth-order valence-corrected chi connectivity index (χ4v) is 7.58.